The molecule has 0 unspecified atom stereocenters. The highest BCUT2D eigenvalue weighted by molar-refractivity contribution is 6.30. The maximum Gasteiger partial charge on any atom is 0.193 e. The molecular formula is C18H17ClO. The van der Waals surface area contributed by atoms with Crippen molar-refractivity contribution in [3.05, 3.63) is 75.8 Å². The number of hydrogen-bond acceptors (Lipinski definition) is 1. The molecule has 0 bridgehead atoms. The Morgan fingerprint density at radius 1 is 1.15 bits per heavy atom. The first-order valence-corrected chi connectivity index (χ1v) is 7.07. The van der Waals surface area contributed by atoms with Crippen LogP contribution < -0.4 is 0 Å². The lowest BCUT2D eigenvalue weighted by molar-refractivity contribution is 0.103. The fraction of sp³-hybridized carbons (Fsp3) is 0.167. The largest absolute Gasteiger partial charge is 0.289 e. The Labute approximate surface area is 124 Å². The third-order valence-electron chi connectivity index (χ3n) is 3.26. The summed E-state index contributed by atoms with van der Waals surface area (Å²) < 4.78 is 0. The number of ketones is 1. The molecule has 2 aromatic carbocycles. The van der Waals surface area contributed by atoms with Crippen LogP contribution in [0, 0.1) is 6.92 Å². The Morgan fingerprint density at radius 2 is 1.85 bits per heavy atom. The van der Waals surface area contributed by atoms with Gasteiger partial charge < -0.3 is 0 Å². The van der Waals surface area contributed by atoms with Gasteiger partial charge in [-0.3, -0.25) is 4.79 Å². The van der Waals surface area contributed by atoms with Gasteiger partial charge in [0, 0.05) is 16.1 Å². The normalized spacial score (nSPS) is 10.9. The van der Waals surface area contributed by atoms with Crippen LogP contribution in [-0.4, -0.2) is 5.78 Å². The van der Waals surface area contributed by atoms with Gasteiger partial charge in [0.15, 0.2) is 5.78 Å². The second-order valence-electron chi connectivity index (χ2n) is 4.67. The number of halogens is 1. The Morgan fingerprint density at radius 3 is 2.50 bits per heavy atom. The molecule has 0 aliphatic carbocycles. The highest BCUT2D eigenvalue weighted by atomic mass is 35.5. The van der Waals surface area contributed by atoms with Crippen LogP contribution in [0.3, 0.4) is 0 Å². The predicted octanol–water partition coefficient (Wildman–Crippen LogP) is 5.30. The van der Waals surface area contributed by atoms with Gasteiger partial charge in [-0.15, -0.1) is 0 Å². The fourth-order valence-corrected chi connectivity index (χ4v) is 2.21. The lowest BCUT2D eigenvalue weighted by atomic mass is 9.95. The number of carbonyl (C=O) groups excluding carboxylic acids is 1. The quantitative estimate of drug-likeness (QED) is 0.696. The fourth-order valence-electron chi connectivity index (χ4n) is 2.08. The monoisotopic (exact) mass is 284 g/mol. The molecule has 0 radical (unpaired) electrons. The molecule has 0 aromatic heterocycles. The van der Waals surface area contributed by atoms with Crippen LogP contribution in [0.15, 0.2) is 48.5 Å². The van der Waals surface area contributed by atoms with E-state index in [4.69, 9.17) is 11.6 Å². The Balaban J connectivity index is 2.40. The van der Waals surface area contributed by atoms with Crippen LogP contribution in [0.4, 0.5) is 0 Å². The molecule has 2 rings (SSSR count). The molecule has 0 heterocycles. The summed E-state index contributed by atoms with van der Waals surface area (Å²) in [5.74, 6) is 0.0333. The van der Waals surface area contributed by atoms with Gasteiger partial charge in [0.2, 0.25) is 0 Å². The van der Waals surface area contributed by atoms with E-state index in [9.17, 15) is 4.79 Å². The number of carbonyl (C=O) groups is 1. The van der Waals surface area contributed by atoms with Crippen molar-refractivity contribution in [3.8, 4) is 0 Å². The van der Waals surface area contributed by atoms with E-state index in [2.05, 4.69) is 19.1 Å². The molecule has 102 valence electrons. The number of hydrogen-bond donors (Lipinski definition) is 0. The third kappa shape index (κ3) is 3.17. The van der Waals surface area contributed by atoms with E-state index in [1.54, 1.807) is 24.3 Å². The van der Waals surface area contributed by atoms with Crippen molar-refractivity contribution < 1.29 is 4.79 Å². The lowest BCUT2D eigenvalue weighted by Crippen LogP contribution is -2.04. The smallest absolute Gasteiger partial charge is 0.193 e. The molecule has 0 fully saturated rings. The molecule has 2 heteroatoms. The van der Waals surface area contributed by atoms with E-state index in [1.165, 1.54) is 0 Å². The van der Waals surface area contributed by atoms with Crippen LogP contribution in [0.1, 0.15) is 40.4 Å². The maximum atomic E-state index is 12.5. The summed E-state index contributed by atoms with van der Waals surface area (Å²) in [7, 11) is 0. The average Bonchev–Trinajstić information content (AvgIpc) is 2.46. The zero-order valence-corrected chi connectivity index (χ0v) is 12.4. The van der Waals surface area contributed by atoms with E-state index >= 15 is 0 Å². The molecule has 0 aliphatic heterocycles. The predicted molar refractivity (Wildman–Crippen MR) is 85.4 cm³/mol. The van der Waals surface area contributed by atoms with E-state index in [0.717, 1.165) is 23.1 Å². The van der Waals surface area contributed by atoms with Gasteiger partial charge in [0.25, 0.3) is 0 Å². The van der Waals surface area contributed by atoms with Gasteiger partial charge in [-0.25, -0.2) is 0 Å². The molecule has 0 amide bonds. The number of rotatable bonds is 4. The second kappa shape index (κ2) is 6.53. The molecule has 0 atom stereocenters. The van der Waals surface area contributed by atoms with Crippen molar-refractivity contribution in [2.24, 2.45) is 0 Å². The van der Waals surface area contributed by atoms with Crippen molar-refractivity contribution in [2.75, 3.05) is 0 Å². The summed E-state index contributed by atoms with van der Waals surface area (Å²) in [5.41, 5.74) is 3.50. The molecule has 0 spiro atoms. The van der Waals surface area contributed by atoms with Gasteiger partial charge in [-0.1, -0.05) is 48.9 Å². The minimum atomic E-state index is 0.0333. The third-order valence-corrected chi connectivity index (χ3v) is 3.51. The van der Waals surface area contributed by atoms with Gasteiger partial charge in [-0.05, 0) is 48.7 Å². The van der Waals surface area contributed by atoms with Crippen molar-refractivity contribution in [3.63, 3.8) is 0 Å². The highest BCUT2D eigenvalue weighted by Crippen LogP contribution is 2.20. The molecule has 0 N–H and O–H groups in total. The van der Waals surface area contributed by atoms with Gasteiger partial charge in [0.1, 0.15) is 0 Å². The Kier molecular flexibility index (Phi) is 4.75. The second-order valence-corrected chi connectivity index (χ2v) is 5.10. The molecule has 20 heavy (non-hydrogen) atoms. The molecule has 1 nitrogen and oxygen atoms in total. The van der Waals surface area contributed by atoms with Crippen LogP contribution >= 0.6 is 11.6 Å². The first kappa shape index (κ1) is 14.5. The van der Waals surface area contributed by atoms with Gasteiger partial charge in [0.05, 0.1) is 0 Å². The summed E-state index contributed by atoms with van der Waals surface area (Å²) in [6, 6.07) is 12.8. The topological polar surface area (TPSA) is 17.1 Å². The summed E-state index contributed by atoms with van der Waals surface area (Å²) in [6.07, 6.45) is 5.14. The van der Waals surface area contributed by atoms with Crippen LogP contribution in [0.5, 0.6) is 0 Å². The van der Waals surface area contributed by atoms with Crippen LogP contribution in [0.25, 0.3) is 6.08 Å². The first-order chi connectivity index (χ1) is 9.63. The molecule has 0 saturated carbocycles. The minimum absolute atomic E-state index is 0.0333. The Bertz CT molecular complexity index is 639. The summed E-state index contributed by atoms with van der Waals surface area (Å²) >= 11 is 5.86. The summed E-state index contributed by atoms with van der Waals surface area (Å²) in [6.45, 7) is 4.08. The molecule has 0 aliphatic rings. The minimum Gasteiger partial charge on any atom is -0.289 e. The summed E-state index contributed by atoms with van der Waals surface area (Å²) in [5, 5.41) is 0.637. The van der Waals surface area contributed by atoms with Gasteiger partial charge >= 0.3 is 0 Å². The van der Waals surface area contributed by atoms with Crippen LogP contribution in [-0.2, 0) is 0 Å². The SMILES string of the molecule is CCC=Cc1cccc(C(=O)c2ccc(Cl)cc2)c1C. The van der Waals surface area contributed by atoms with E-state index in [0.29, 0.717) is 10.6 Å². The van der Waals surface area contributed by atoms with Crippen molar-refractivity contribution in [2.45, 2.75) is 20.3 Å². The Hall–Kier alpha value is -1.86. The zero-order valence-electron chi connectivity index (χ0n) is 11.7. The molecule has 0 saturated heterocycles. The van der Waals surface area contributed by atoms with Crippen molar-refractivity contribution >= 4 is 23.5 Å². The van der Waals surface area contributed by atoms with Crippen LogP contribution in [0.2, 0.25) is 5.02 Å². The lowest BCUT2D eigenvalue weighted by Gasteiger charge is -2.08. The van der Waals surface area contributed by atoms with Crippen molar-refractivity contribution in [1.29, 1.82) is 0 Å². The number of allylic oxidation sites excluding steroid dienone is 1. The average molecular weight is 285 g/mol. The number of benzene rings is 2. The highest BCUT2D eigenvalue weighted by Gasteiger charge is 2.12. The van der Waals surface area contributed by atoms with Crippen molar-refractivity contribution in [1.82, 2.24) is 0 Å². The molecule has 2 aromatic rings. The van der Waals surface area contributed by atoms with E-state index in [1.807, 2.05) is 25.1 Å². The van der Waals surface area contributed by atoms with E-state index < -0.39 is 0 Å². The maximum absolute atomic E-state index is 12.5. The summed E-state index contributed by atoms with van der Waals surface area (Å²) in [4.78, 5) is 12.5. The van der Waals surface area contributed by atoms with Gasteiger partial charge in [-0.2, -0.15) is 0 Å². The van der Waals surface area contributed by atoms with E-state index in [-0.39, 0.29) is 5.78 Å². The first-order valence-electron chi connectivity index (χ1n) is 6.70. The zero-order chi connectivity index (χ0) is 14.5. The standard InChI is InChI=1S/C18H17ClO/c1-3-4-6-14-7-5-8-17(13(14)2)18(20)15-9-11-16(19)12-10-15/h4-12H,3H2,1-2H3. The molecular weight excluding hydrogens is 268 g/mol.